The molecule has 0 unspecified atom stereocenters. The van der Waals surface area contributed by atoms with Gasteiger partial charge in [-0.25, -0.2) is 0 Å². The van der Waals surface area contributed by atoms with Crippen molar-refractivity contribution in [1.82, 2.24) is 32.0 Å². The van der Waals surface area contributed by atoms with E-state index in [2.05, 4.69) is 503 Å². The molecular weight excluding hydrogens is 1770 g/mol. The molecule has 664 valence electrons. The van der Waals surface area contributed by atoms with Crippen LogP contribution >= 0.6 is 34.0 Å². The number of para-hydroxylation sites is 7. The molecule has 10 heteroatoms. The van der Waals surface area contributed by atoms with E-state index in [1.54, 1.807) is 0 Å². The van der Waals surface area contributed by atoms with Gasteiger partial charge in [0.2, 0.25) is 0 Å². The minimum Gasteiger partial charge on any atom is -0.344 e. The summed E-state index contributed by atoms with van der Waals surface area (Å²) in [7, 11) is 2.16. The molecule has 31 aromatic rings. The van der Waals surface area contributed by atoms with Gasteiger partial charge in [0.1, 0.15) is 0 Å². The van der Waals surface area contributed by atoms with Crippen LogP contribution < -0.4 is 0 Å². The van der Waals surface area contributed by atoms with E-state index in [0.29, 0.717) is 0 Å². The minimum atomic E-state index is 1.06. The first-order chi connectivity index (χ1) is 69.6. The first-order valence-electron chi connectivity index (χ1n) is 48.5. The molecule has 0 saturated heterocycles. The number of nitrogens with zero attached hydrogens (tertiary/aromatic N) is 7. The van der Waals surface area contributed by atoms with Gasteiger partial charge < -0.3 is 32.0 Å². The molecule has 0 bridgehead atoms. The fourth-order valence-electron chi connectivity index (χ4n) is 23.8. The van der Waals surface area contributed by atoms with Crippen molar-refractivity contribution in [3.8, 4) is 45.3 Å². The van der Waals surface area contributed by atoms with E-state index in [9.17, 15) is 0 Å². The molecule has 0 saturated carbocycles. The molecule has 0 radical (unpaired) electrons. The van der Waals surface area contributed by atoms with Crippen molar-refractivity contribution in [2.45, 2.75) is 27.2 Å². The lowest BCUT2D eigenvalue weighted by Gasteiger charge is -2.10. The molecule has 0 atom stereocenters. The number of aryl methyl sites for hydroxylation is 4. The molecule has 32 rings (SSSR count). The van der Waals surface area contributed by atoms with Gasteiger partial charge in [0.25, 0.3) is 0 Å². The highest BCUT2D eigenvalue weighted by atomic mass is 32.1. The number of rotatable bonds is 6. The van der Waals surface area contributed by atoms with Gasteiger partial charge in [0.05, 0.1) is 76.6 Å². The first-order valence-corrected chi connectivity index (χ1v) is 51.0. The Balaban J connectivity index is 0.0000000921. The second kappa shape index (κ2) is 31.7. The van der Waals surface area contributed by atoms with Crippen molar-refractivity contribution in [2.24, 2.45) is 7.05 Å². The fourth-order valence-corrected chi connectivity index (χ4v) is 27.2. The molecule has 141 heavy (non-hydrogen) atoms. The lowest BCUT2D eigenvalue weighted by atomic mass is 9.99. The van der Waals surface area contributed by atoms with E-state index in [1.165, 1.54) is 286 Å². The second-order valence-corrected chi connectivity index (χ2v) is 41.1. The predicted octanol–water partition coefficient (Wildman–Crippen LogP) is 36.6. The van der Waals surface area contributed by atoms with Crippen LogP contribution in [0, 0.1) is 20.8 Å². The number of hydrogen-bond donors (Lipinski definition) is 0. The van der Waals surface area contributed by atoms with Crippen LogP contribution in [0.1, 0.15) is 27.8 Å². The van der Waals surface area contributed by atoms with Gasteiger partial charge in [-0.15, -0.1) is 34.0 Å². The third-order valence-electron chi connectivity index (χ3n) is 30.0. The van der Waals surface area contributed by atoms with Crippen LogP contribution in [0.5, 0.6) is 0 Å². The van der Waals surface area contributed by atoms with Crippen molar-refractivity contribution < 1.29 is 0 Å². The maximum atomic E-state index is 2.49. The summed E-state index contributed by atoms with van der Waals surface area (Å²) >= 11 is 5.63. The summed E-state index contributed by atoms with van der Waals surface area (Å²) in [6, 6.07) is 163. The zero-order valence-electron chi connectivity index (χ0n) is 77.7. The van der Waals surface area contributed by atoms with Crippen LogP contribution in [0.2, 0.25) is 0 Å². The van der Waals surface area contributed by atoms with E-state index in [0.717, 1.165) is 6.42 Å². The molecule has 21 aromatic carbocycles. The van der Waals surface area contributed by atoms with E-state index in [4.69, 9.17) is 0 Å². The lowest BCUT2D eigenvalue weighted by Crippen LogP contribution is -1.95. The third kappa shape index (κ3) is 12.3. The SMILES string of the molecule is Cc1ccc(-n2c3ccccc3c3c4c5ccccc5n(-c5ccc6c(c5)sc5ccccc56)c4ccc32)cc1.Cc1ccc(-n2c3ccccc3c3c4c5ccccc5n(-c5ccc6sc7ccccc7c6c5)c4ccc32)cc1.Cc1ccc(-n2c3ccccc3c3c4c5ccccc5n(-c5cccc6c5sc5ccccc56)c4ccc32)cc1.Cn1c2ccccc2c2c3c(ccc21)Cc1ccccc1-3. The standard InChI is InChI=1S/3C37H24N2S.C20H15N/c1-23-17-19-24(20-18-23)38-29-13-5-2-10-27(29)35-31(38)21-22-32-36(35)28-11-3-6-14-30(28)39(32)33-15-8-12-26-25-9-4-7-16-34(25)40-37(26)33;1-23-14-16-24(17-15-23)38-30-11-5-2-9-27(30)36-32(38)19-20-33-37(36)28-10-3-6-12-31(28)39(33)25-18-21-35-29(22-25)26-8-4-7-13-34(26)40-35;1-23-14-16-24(17-15-23)38-30-11-5-2-9-28(30)36-32(38)20-21-33-37(36)29-10-3-6-12-31(29)39(33)25-18-19-27-26-8-4-7-13-34(26)40-35(27)22-25;1-21-17-9-5-4-8-16(17)20-18(21)11-10-14-12-13-6-2-3-7-15(13)19(14)20/h3*2-22H,1H3;2-11H,12H2,1H3. The highest BCUT2D eigenvalue weighted by Gasteiger charge is 2.29. The smallest absolute Gasteiger partial charge is 0.0640 e. The van der Waals surface area contributed by atoms with Gasteiger partial charge in [0.15, 0.2) is 0 Å². The van der Waals surface area contributed by atoms with Gasteiger partial charge >= 0.3 is 0 Å². The molecule has 1 aliphatic rings. The van der Waals surface area contributed by atoms with Crippen LogP contribution in [0.3, 0.4) is 0 Å². The number of hydrogen-bond acceptors (Lipinski definition) is 3. The third-order valence-corrected chi connectivity index (χ3v) is 33.5. The van der Waals surface area contributed by atoms with Crippen LogP contribution in [-0.4, -0.2) is 32.0 Å². The maximum absolute atomic E-state index is 2.49. The number of thiophene rings is 3. The largest absolute Gasteiger partial charge is 0.344 e. The summed E-state index contributed by atoms with van der Waals surface area (Å²) in [6.45, 7) is 6.43. The molecule has 0 fully saturated rings. The Morgan fingerprint density at radius 1 is 0.184 bits per heavy atom. The molecular formula is C131H87N7S3. The molecule has 7 nitrogen and oxygen atoms in total. The second-order valence-electron chi connectivity index (χ2n) is 37.9. The maximum Gasteiger partial charge on any atom is 0.0640 e. The summed E-state index contributed by atoms with van der Waals surface area (Å²) in [4.78, 5) is 0. The predicted molar refractivity (Wildman–Crippen MR) is 607 cm³/mol. The molecule has 1 aliphatic carbocycles. The molecule has 0 spiro atoms. The monoisotopic (exact) mass is 1850 g/mol. The average Bonchev–Trinajstić information content (AvgIpc) is 1.56. The topological polar surface area (TPSA) is 34.5 Å². The Kier molecular flexibility index (Phi) is 18.2. The Labute approximate surface area is 822 Å². The summed E-state index contributed by atoms with van der Waals surface area (Å²) in [6.07, 6.45) is 1.06. The quantitative estimate of drug-likeness (QED) is 0.159. The molecule has 10 aromatic heterocycles. The first kappa shape index (κ1) is 81.1. The highest BCUT2D eigenvalue weighted by Crippen LogP contribution is 2.52. The zero-order valence-corrected chi connectivity index (χ0v) is 80.2. The number of fused-ring (bicyclic) bond motifs is 37. The van der Waals surface area contributed by atoms with Crippen molar-refractivity contribution in [3.63, 3.8) is 0 Å². The van der Waals surface area contributed by atoms with Crippen molar-refractivity contribution >= 4 is 247 Å². The van der Waals surface area contributed by atoms with Gasteiger partial charge in [-0.2, -0.15) is 0 Å². The Morgan fingerprint density at radius 3 is 0.943 bits per heavy atom. The van der Waals surface area contributed by atoms with E-state index in [1.807, 2.05) is 34.0 Å². The van der Waals surface area contributed by atoms with E-state index >= 15 is 0 Å². The fraction of sp³-hybridized carbons (Fsp3) is 0.0382. The lowest BCUT2D eigenvalue weighted by molar-refractivity contribution is 1.01. The van der Waals surface area contributed by atoms with Crippen LogP contribution in [0.4, 0.5) is 0 Å². The van der Waals surface area contributed by atoms with Crippen molar-refractivity contribution in [2.75, 3.05) is 0 Å². The van der Waals surface area contributed by atoms with Crippen molar-refractivity contribution in [1.29, 1.82) is 0 Å². The molecule has 0 N–H and O–H groups in total. The average molecular weight is 1860 g/mol. The Bertz CT molecular complexity index is 10700. The Morgan fingerprint density at radius 2 is 0.489 bits per heavy atom. The van der Waals surface area contributed by atoms with Crippen LogP contribution in [-0.2, 0) is 13.5 Å². The molecule has 10 heterocycles. The number of aromatic nitrogens is 7. The van der Waals surface area contributed by atoms with Crippen LogP contribution in [0.15, 0.2) is 443 Å². The number of benzene rings is 21. The molecule has 0 amide bonds. The van der Waals surface area contributed by atoms with E-state index in [-0.39, 0.29) is 0 Å². The summed E-state index contributed by atoms with van der Waals surface area (Å²) < 4.78 is 24.9. The summed E-state index contributed by atoms with van der Waals surface area (Å²) in [5.74, 6) is 0. The zero-order chi connectivity index (χ0) is 93.1. The summed E-state index contributed by atoms with van der Waals surface area (Å²) in [5.41, 5.74) is 34.2. The van der Waals surface area contributed by atoms with Crippen LogP contribution in [0.25, 0.3) is 258 Å². The highest BCUT2D eigenvalue weighted by molar-refractivity contribution is 7.26. The van der Waals surface area contributed by atoms with E-state index < -0.39 is 0 Å². The van der Waals surface area contributed by atoms with Gasteiger partial charge in [-0.05, 0) is 225 Å². The van der Waals surface area contributed by atoms with Gasteiger partial charge in [-0.1, -0.05) is 284 Å². The van der Waals surface area contributed by atoms with Crippen molar-refractivity contribution in [3.05, 3.63) is 471 Å². The van der Waals surface area contributed by atoms with Gasteiger partial charge in [0, 0.05) is 178 Å². The molecule has 0 aliphatic heterocycles. The van der Waals surface area contributed by atoms with Gasteiger partial charge in [-0.3, -0.25) is 0 Å². The Hall–Kier alpha value is -17.1. The summed E-state index contributed by atoms with van der Waals surface area (Å²) in [5, 5.41) is 26.3. The normalized spacial score (nSPS) is 12.2. The minimum absolute atomic E-state index is 1.06.